The standard InChI is InChI=1S/C12H7Cl2FN2O/c13-8-2-1-3-9(14)11(8)17-12(18)7-4-5-16-6-10(7)15/h1-6H,(H,17,18). The molecular weight excluding hydrogens is 278 g/mol. The van der Waals surface area contributed by atoms with Crippen molar-refractivity contribution in [2.75, 3.05) is 5.32 Å². The number of benzene rings is 1. The Hall–Kier alpha value is -1.65. The molecule has 0 bridgehead atoms. The molecule has 1 N–H and O–H groups in total. The Kier molecular flexibility index (Phi) is 3.79. The fourth-order valence-corrected chi connectivity index (χ4v) is 1.85. The molecule has 0 spiro atoms. The van der Waals surface area contributed by atoms with Crippen LogP contribution >= 0.6 is 23.2 Å². The first kappa shape index (κ1) is 12.8. The van der Waals surface area contributed by atoms with Crippen molar-refractivity contribution in [3.63, 3.8) is 0 Å². The SMILES string of the molecule is O=C(Nc1c(Cl)cccc1Cl)c1ccncc1F. The number of hydrogen-bond donors (Lipinski definition) is 1. The van der Waals surface area contributed by atoms with Gasteiger partial charge in [-0.2, -0.15) is 0 Å². The number of nitrogens with zero attached hydrogens (tertiary/aromatic N) is 1. The molecule has 1 aromatic carbocycles. The Morgan fingerprint density at radius 3 is 2.50 bits per heavy atom. The minimum atomic E-state index is -0.710. The number of pyridine rings is 1. The molecule has 18 heavy (non-hydrogen) atoms. The van der Waals surface area contributed by atoms with E-state index in [2.05, 4.69) is 10.3 Å². The van der Waals surface area contributed by atoms with Gasteiger partial charge in [0, 0.05) is 6.20 Å². The minimum Gasteiger partial charge on any atom is -0.319 e. The Balaban J connectivity index is 2.30. The Morgan fingerprint density at radius 2 is 1.89 bits per heavy atom. The number of carbonyl (C=O) groups excluding carboxylic acids is 1. The van der Waals surface area contributed by atoms with Gasteiger partial charge >= 0.3 is 0 Å². The number of aromatic nitrogens is 1. The van der Waals surface area contributed by atoms with Crippen LogP contribution in [0.25, 0.3) is 0 Å². The van der Waals surface area contributed by atoms with Crippen LogP contribution in [0.4, 0.5) is 10.1 Å². The second-order valence-corrected chi connectivity index (χ2v) is 4.22. The van der Waals surface area contributed by atoms with Crippen LogP contribution in [0.3, 0.4) is 0 Å². The largest absolute Gasteiger partial charge is 0.319 e. The van der Waals surface area contributed by atoms with Crippen LogP contribution in [-0.2, 0) is 0 Å². The Morgan fingerprint density at radius 1 is 1.22 bits per heavy atom. The molecule has 0 saturated carbocycles. The summed E-state index contributed by atoms with van der Waals surface area (Å²) in [5, 5.41) is 3.03. The summed E-state index contributed by atoms with van der Waals surface area (Å²) in [5.74, 6) is -1.34. The van der Waals surface area contributed by atoms with Crippen LogP contribution in [0.1, 0.15) is 10.4 Å². The average molecular weight is 285 g/mol. The van der Waals surface area contributed by atoms with Crippen molar-refractivity contribution in [1.82, 2.24) is 4.98 Å². The predicted octanol–water partition coefficient (Wildman–Crippen LogP) is 3.78. The highest BCUT2D eigenvalue weighted by Gasteiger charge is 2.14. The quantitative estimate of drug-likeness (QED) is 0.912. The topological polar surface area (TPSA) is 42.0 Å². The first-order chi connectivity index (χ1) is 8.59. The molecule has 0 aliphatic rings. The lowest BCUT2D eigenvalue weighted by Gasteiger charge is -2.09. The van der Waals surface area contributed by atoms with Crippen molar-refractivity contribution in [3.05, 3.63) is 58.1 Å². The smallest absolute Gasteiger partial charge is 0.258 e. The summed E-state index contributed by atoms with van der Waals surface area (Å²) < 4.78 is 13.4. The molecular formula is C12H7Cl2FN2O. The van der Waals surface area contributed by atoms with E-state index in [9.17, 15) is 9.18 Å². The van der Waals surface area contributed by atoms with Crippen LogP contribution in [0, 0.1) is 5.82 Å². The van der Waals surface area contributed by atoms with E-state index in [0.29, 0.717) is 0 Å². The molecule has 2 rings (SSSR count). The Labute approximate surface area is 113 Å². The van der Waals surface area contributed by atoms with Crippen LogP contribution < -0.4 is 5.32 Å². The molecule has 0 atom stereocenters. The maximum absolute atomic E-state index is 13.4. The van der Waals surface area contributed by atoms with E-state index < -0.39 is 11.7 Å². The number of nitrogens with one attached hydrogen (secondary N) is 1. The van der Waals surface area contributed by atoms with Crippen molar-refractivity contribution in [1.29, 1.82) is 0 Å². The predicted molar refractivity (Wildman–Crippen MR) is 68.6 cm³/mol. The molecule has 1 aromatic heterocycles. The van der Waals surface area contributed by atoms with Gasteiger partial charge < -0.3 is 5.32 Å². The Bertz CT molecular complexity index is 584. The fraction of sp³-hybridized carbons (Fsp3) is 0. The van der Waals surface area contributed by atoms with Crippen molar-refractivity contribution in [3.8, 4) is 0 Å². The van der Waals surface area contributed by atoms with Gasteiger partial charge in [0.1, 0.15) is 0 Å². The number of rotatable bonds is 2. The van der Waals surface area contributed by atoms with Crippen LogP contribution in [-0.4, -0.2) is 10.9 Å². The molecule has 92 valence electrons. The van der Waals surface area contributed by atoms with Gasteiger partial charge in [-0.05, 0) is 18.2 Å². The summed E-state index contributed by atoms with van der Waals surface area (Å²) in [5.41, 5.74) is 0.128. The molecule has 0 radical (unpaired) electrons. The minimum absolute atomic E-state index is 0.124. The zero-order valence-electron chi connectivity index (χ0n) is 8.95. The summed E-state index contributed by atoms with van der Waals surface area (Å²) in [7, 11) is 0. The van der Waals surface area contributed by atoms with Gasteiger partial charge in [0.25, 0.3) is 5.91 Å². The maximum Gasteiger partial charge on any atom is 0.258 e. The van der Waals surface area contributed by atoms with E-state index in [1.807, 2.05) is 0 Å². The number of para-hydroxylation sites is 1. The highest BCUT2D eigenvalue weighted by Crippen LogP contribution is 2.30. The number of hydrogen-bond acceptors (Lipinski definition) is 2. The van der Waals surface area contributed by atoms with E-state index in [-0.39, 0.29) is 21.3 Å². The van der Waals surface area contributed by atoms with E-state index in [1.54, 1.807) is 18.2 Å². The van der Waals surface area contributed by atoms with Crippen LogP contribution in [0.5, 0.6) is 0 Å². The van der Waals surface area contributed by atoms with Crippen LogP contribution in [0.15, 0.2) is 36.7 Å². The molecule has 2 aromatic rings. The molecule has 0 fully saturated rings. The van der Waals surface area contributed by atoms with Crippen molar-refractivity contribution in [2.24, 2.45) is 0 Å². The fourth-order valence-electron chi connectivity index (χ4n) is 1.36. The molecule has 0 aliphatic carbocycles. The monoisotopic (exact) mass is 284 g/mol. The highest BCUT2D eigenvalue weighted by molar-refractivity contribution is 6.40. The van der Waals surface area contributed by atoms with Crippen molar-refractivity contribution in [2.45, 2.75) is 0 Å². The lowest BCUT2D eigenvalue weighted by molar-refractivity contribution is 0.102. The summed E-state index contributed by atoms with van der Waals surface area (Å²) in [6, 6.07) is 6.07. The van der Waals surface area contributed by atoms with E-state index >= 15 is 0 Å². The third kappa shape index (κ3) is 2.60. The second-order valence-electron chi connectivity index (χ2n) is 3.41. The van der Waals surface area contributed by atoms with Crippen LogP contribution in [0.2, 0.25) is 10.0 Å². The highest BCUT2D eigenvalue weighted by atomic mass is 35.5. The number of halogens is 3. The van der Waals surface area contributed by atoms with Gasteiger partial charge in [-0.3, -0.25) is 9.78 Å². The number of carbonyl (C=O) groups is 1. The second kappa shape index (κ2) is 5.33. The average Bonchev–Trinajstić information content (AvgIpc) is 2.34. The van der Waals surface area contributed by atoms with Gasteiger partial charge in [0.05, 0.1) is 27.5 Å². The van der Waals surface area contributed by atoms with Crippen molar-refractivity contribution < 1.29 is 9.18 Å². The summed E-state index contributed by atoms with van der Waals surface area (Å²) in [4.78, 5) is 15.4. The molecule has 0 aliphatic heterocycles. The lowest BCUT2D eigenvalue weighted by atomic mass is 10.2. The van der Waals surface area contributed by atoms with Gasteiger partial charge in [-0.1, -0.05) is 29.3 Å². The maximum atomic E-state index is 13.4. The molecule has 1 heterocycles. The summed E-state index contributed by atoms with van der Waals surface area (Å²) in [6.07, 6.45) is 2.29. The zero-order chi connectivity index (χ0) is 13.1. The third-order valence-corrected chi connectivity index (χ3v) is 2.85. The van der Waals surface area contributed by atoms with Gasteiger partial charge in [-0.25, -0.2) is 4.39 Å². The summed E-state index contributed by atoms with van der Waals surface area (Å²) >= 11 is 11.8. The van der Waals surface area contributed by atoms with E-state index in [4.69, 9.17) is 23.2 Å². The molecule has 0 unspecified atom stereocenters. The normalized spacial score (nSPS) is 10.2. The zero-order valence-corrected chi connectivity index (χ0v) is 10.5. The van der Waals surface area contributed by atoms with Gasteiger partial charge in [0.15, 0.2) is 5.82 Å². The molecule has 1 amide bonds. The third-order valence-electron chi connectivity index (χ3n) is 2.22. The molecule has 0 saturated heterocycles. The van der Waals surface area contributed by atoms with E-state index in [0.717, 1.165) is 6.20 Å². The van der Waals surface area contributed by atoms with Gasteiger partial charge in [-0.15, -0.1) is 0 Å². The van der Waals surface area contributed by atoms with Crippen molar-refractivity contribution >= 4 is 34.8 Å². The van der Waals surface area contributed by atoms with Gasteiger partial charge in [0.2, 0.25) is 0 Å². The first-order valence-electron chi connectivity index (χ1n) is 4.94. The first-order valence-corrected chi connectivity index (χ1v) is 5.70. The molecule has 6 heteroatoms. The number of anilines is 1. The number of amides is 1. The lowest BCUT2D eigenvalue weighted by Crippen LogP contribution is -2.14. The van der Waals surface area contributed by atoms with E-state index in [1.165, 1.54) is 12.3 Å². The molecule has 3 nitrogen and oxygen atoms in total. The summed E-state index contributed by atoms with van der Waals surface area (Å²) in [6.45, 7) is 0.